The molecule has 3 aromatic rings. The molecule has 4 rings (SSSR count). The largest absolute Gasteiger partial charge is 0.507 e. The minimum atomic E-state index is -0.378. The van der Waals surface area contributed by atoms with Gasteiger partial charge in [0, 0.05) is 28.5 Å². The molecule has 0 radical (unpaired) electrons. The van der Waals surface area contributed by atoms with Gasteiger partial charge in [-0.15, -0.1) is 0 Å². The quantitative estimate of drug-likeness (QED) is 0.457. The summed E-state index contributed by atoms with van der Waals surface area (Å²) in [5.74, 6) is 1.40. The third-order valence-corrected chi connectivity index (χ3v) is 5.56. The van der Waals surface area contributed by atoms with Crippen molar-refractivity contribution in [2.45, 2.75) is 51.9 Å². The highest BCUT2D eigenvalue weighted by Crippen LogP contribution is 2.42. The van der Waals surface area contributed by atoms with Crippen molar-refractivity contribution in [2.24, 2.45) is 5.10 Å². The van der Waals surface area contributed by atoms with Gasteiger partial charge in [0.05, 0.1) is 6.21 Å². The van der Waals surface area contributed by atoms with Crippen LogP contribution in [0.15, 0.2) is 45.9 Å². The van der Waals surface area contributed by atoms with Gasteiger partial charge >= 0.3 is 0 Å². The molecule has 1 heterocycles. The molecule has 0 unspecified atom stereocenters. The normalized spacial score (nSPS) is 14.0. The fourth-order valence-corrected chi connectivity index (χ4v) is 4.01. The molecule has 0 fully saturated rings. The molecule has 0 saturated carbocycles. The highest BCUT2D eigenvalue weighted by molar-refractivity contribution is 6.04. The second-order valence-electron chi connectivity index (χ2n) is 8.92. The van der Waals surface area contributed by atoms with Gasteiger partial charge in [0.1, 0.15) is 22.8 Å². The number of carbonyl (C=O) groups excluding carboxylic acids is 1. The van der Waals surface area contributed by atoms with Crippen molar-refractivity contribution in [2.75, 3.05) is 6.61 Å². The number of furan rings is 1. The number of benzene rings is 2. The van der Waals surface area contributed by atoms with Crippen LogP contribution < -0.4 is 10.2 Å². The first kappa shape index (κ1) is 21.0. The van der Waals surface area contributed by atoms with Crippen molar-refractivity contribution in [3.8, 4) is 11.5 Å². The van der Waals surface area contributed by atoms with Crippen LogP contribution in [0, 0.1) is 0 Å². The number of nitrogens with one attached hydrogen (secondary N) is 1. The molecule has 1 amide bonds. The molecule has 31 heavy (non-hydrogen) atoms. The summed E-state index contributed by atoms with van der Waals surface area (Å²) in [6.07, 6.45) is 5.52. The number of aryl methyl sites for hydroxylation is 2. The van der Waals surface area contributed by atoms with Crippen LogP contribution in [0.25, 0.3) is 11.0 Å². The summed E-state index contributed by atoms with van der Waals surface area (Å²) in [6, 6.07) is 11.1. The van der Waals surface area contributed by atoms with Crippen molar-refractivity contribution in [1.29, 1.82) is 0 Å². The maximum Gasteiger partial charge on any atom is 0.277 e. The van der Waals surface area contributed by atoms with Gasteiger partial charge in [-0.1, -0.05) is 39.0 Å². The number of amides is 1. The Bertz CT molecular complexity index is 1120. The van der Waals surface area contributed by atoms with Crippen molar-refractivity contribution in [1.82, 2.24) is 5.43 Å². The van der Waals surface area contributed by atoms with Crippen LogP contribution in [0.5, 0.6) is 11.5 Å². The van der Waals surface area contributed by atoms with Crippen LogP contribution in [0.1, 0.15) is 56.1 Å². The van der Waals surface area contributed by atoms with Gasteiger partial charge in [0.2, 0.25) is 0 Å². The minimum Gasteiger partial charge on any atom is -0.507 e. The predicted octanol–water partition coefficient (Wildman–Crippen LogP) is 4.84. The molecule has 0 saturated heterocycles. The van der Waals surface area contributed by atoms with E-state index in [0.29, 0.717) is 11.3 Å². The van der Waals surface area contributed by atoms with Crippen LogP contribution >= 0.6 is 0 Å². The van der Waals surface area contributed by atoms with Gasteiger partial charge in [-0.3, -0.25) is 4.79 Å². The zero-order valence-corrected chi connectivity index (χ0v) is 18.2. The average molecular weight is 421 g/mol. The van der Waals surface area contributed by atoms with Gasteiger partial charge in [-0.25, -0.2) is 5.43 Å². The summed E-state index contributed by atoms with van der Waals surface area (Å²) in [7, 11) is 0. The van der Waals surface area contributed by atoms with Crippen LogP contribution in [0.4, 0.5) is 0 Å². The topological polar surface area (TPSA) is 84.1 Å². The van der Waals surface area contributed by atoms with E-state index in [0.717, 1.165) is 53.5 Å². The molecule has 0 spiro atoms. The van der Waals surface area contributed by atoms with Crippen LogP contribution in [-0.2, 0) is 23.1 Å². The molecular formula is C25H28N2O4. The monoisotopic (exact) mass is 420 g/mol. The van der Waals surface area contributed by atoms with Crippen molar-refractivity contribution >= 4 is 23.1 Å². The van der Waals surface area contributed by atoms with E-state index in [2.05, 4.69) is 10.5 Å². The summed E-state index contributed by atoms with van der Waals surface area (Å²) in [5.41, 5.74) is 5.47. The molecule has 1 aliphatic rings. The molecule has 6 nitrogen and oxygen atoms in total. The molecule has 2 aromatic carbocycles. The van der Waals surface area contributed by atoms with E-state index in [1.807, 2.05) is 45.0 Å². The predicted molar refractivity (Wildman–Crippen MR) is 121 cm³/mol. The first-order valence-electron chi connectivity index (χ1n) is 10.6. The number of aromatic hydroxyl groups is 1. The summed E-state index contributed by atoms with van der Waals surface area (Å²) in [4.78, 5) is 12.1. The molecular weight excluding hydrogens is 392 g/mol. The van der Waals surface area contributed by atoms with Gasteiger partial charge in [-0.2, -0.15) is 5.10 Å². The number of hydrogen-bond acceptors (Lipinski definition) is 5. The Hall–Kier alpha value is -3.28. The highest BCUT2D eigenvalue weighted by Gasteiger charge is 2.27. The molecule has 0 bridgehead atoms. The fourth-order valence-electron chi connectivity index (χ4n) is 4.01. The van der Waals surface area contributed by atoms with Gasteiger partial charge in [-0.05, 0) is 42.9 Å². The minimum absolute atomic E-state index is 0.147. The lowest BCUT2D eigenvalue weighted by Gasteiger charge is -2.21. The summed E-state index contributed by atoms with van der Waals surface area (Å²) in [6.45, 7) is 5.98. The second-order valence-corrected chi connectivity index (χ2v) is 8.92. The number of phenolic OH excluding ortho intramolecular Hbond substituents is 1. The van der Waals surface area contributed by atoms with Crippen LogP contribution in [0.2, 0.25) is 0 Å². The number of nitrogens with zero attached hydrogens (tertiary/aromatic N) is 1. The molecule has 162 valence electrons. The molecule has 0 aliphatic heterocycles. The summed E-state index contributed by atoms with van der Waals surface area (Å²) in [5, 5.41) is 16.1. The Balaban J connectivity index is 1.61. The maximum absolute atomic E-state index is 12.1. The molecule has 6 heteroatoms. The third kappa shape index (κ3) is 4.43. The summed E-state index contributed by atoms with van der Waals surface area (Å²) < 4.78 is 11.6. The van der Waals surface area contributed by atoms with Gasteiger partial charge in [0.25, 0.3) is 5.91 Å². The third-order valence-electron chi connectivity index (χ3n) is 5.56. The molecule has 1 aromatic heterocycles. The van der Waals surface area contributed by atoms with Crippen molar-refractivity contribution < 1.29 is 19.1 Å². The lowest BCUT2D eigenvalue weighted by atomic mass is 9.83. The van der Waals surface area contributed by atoms with E-state index in [1.54, 1.807) is 12.1 Å². The zero-order valence-electron chi connectivity index (χ0n) is 18.2. The number of ether oxygens (including phenoxy) is 1. The van der Waals surface area contributed by atoms with Crippen LogP contribution in [0.3, 0.4) is 0 Å². The number of hydrogen-bond donors (Lipinski definition) is 2. The fraction of sp³-hybridized carbons (Fsp3) is 0.360. The van der Waals surface area contributed by atoms with Crippen molar-refractivity contribution in [3.05, 3.63) is 58.8 Å². The van der Waals surface area contributed by atoms with Crippen molar-refractivity contribution in [3.63, 3.8) is 0 Å². The first-order chi connectivity index (χ1) is 14.8. The van der Waals surface area contributed by atoms with E-state index in [4.69, 9.17) is 9.15 Å². The Morgan fingerprint density at radius 3 is 2.71 bits per heavy atom. The second kappa shape index (κ2) is 8.46. The number of phenols is 1. The Morgan fingerprint density at radius 2 is 1.97 bits per heavy atom. The van der Waals surface area contributed by atoms with Gasteiger partial charge < -0.3 is 14.3 Å². The average Bonchev–Trinajstić information content (AvgIpc) is 3.12. The van der Waals surface area contributed by atoms with E-state index >= 15 is 0 Å². The number of para-hydroxylation sites is 1. The molecule has 1 aliphatic carbocycles. The number of carbonyl (C=O) groups is 1. The number of rotatable bonds is 5. The molecule has 0 atom stereocenters. The lowest BCUT2D eigenvalue weighted by Crippen LogP contribution is -2.24. The van der Waals surface area contributed by atoms with Crippen LogP contribution in [-0.4, -0.2) is 23.8 Å². The Labute approximate surface area is 181 Å². The first-order valence-corrected chi connectivity index (χ1v) is 10.6. The SMILES string of the molecule is CC(C)(C)c1cc2oc3c(c2c(/C=N/NC(=O)COc2ccccc2)c1O)CCCC3. The summed E-state index contributed by atoms with van der Waals surface area (Å²) >= 11 is 0. The van der Waals surface area contributed by atoms with E-state index in [1.165, 1.54) is 6.21 Å². The molecule has 2 N–H and O–H groups in total. The standard InChI is InChI=1S/C25H28N2O4/c1-25(2,3)19-13-21-23(17-11-7-8-12-20(17)31-21)18(24(19)29)14-26-27-22(28)15-30-16-9-5-4-6-10-16/h4-6,9-10,13-14,29H,7-8,11-12,15H2,1-3H3,(H,27,28)/b26-14+. The van der Waals surface area contributed by atoms with E-state index in [9.17, 15) is 9.90 Å². The Kier molecular flexibility index (Phi) is 5.72. The Morgan fingerprint density at radius 1 is 1.23 bits per heavy atom. The highest BCUT2D eigenvalue weighted by atomic mass is 16.5. The number of hydrazone groups is 1. The zero-order chi connectivity index (χ0) is 22.0. The smallest absolute Gasteiger partial charge is 0.277 e. The van der Waals surface area contributed by atoms with E-state index < -0.39 is 0 Å². The number of fused-ring (bicyclic) bond motifs is 3. The van der Waals surface area contributed by atoms with E-state index in [-0.39, 0.29) is 23.7 Å². The maximum atomic E-state index is 12.1. The lowest BCUT2D eigenvalue weighted by molar-refractivity contribution is -0.123. The van der Waals surface area contributed by atoms with Gasteiger partial charge in [0.15, 0.2) is 6.61 Å².